The zero-order chi connectivity index (χ0) is 19.4. The van der Waals surface area contributed by atoms with Crippen molar-refractivity contribution in [3.05, 3.63) is 72.3 Å². The summed E-state index contributed by atoms with van der Waals surface area (Å²) in [5.74, 6) is -2.39. The third-order valence-electron chi connectivity index (χ3n) is 3.40. The number of benzene rings is 2. The van der Waals surface area contributed by atoms with E-state index in [2.05, 4.69) is 13.2 Å². The number of aliphatic hydroxyl groups is 1. The van der Waals surface area contributed by atoms with Crippen LogP contribution in [0.25, 0.3) is 11.1 Å². The van der Waals surface area contributed by atoms with Gasteiger partial charge in [0.15, 0.2) is 11.6 Å². The van der Waals surface area contributed by atoms with Crippen LogP contribution in [0.1, 0.15) is 13.8 Å². The van der Waals surface area contributed by atoms with E-state index in [0.717, 1.165) is 12.1 Å². The molecule has 0 radical (unpaired) electrons. The summed E-state index contributed by atoms with van der Waals surface area (Å²) in [4.78, 5) is 11.5. The Morgan fingerprint density at radius 3 is 2.31 bits per heavy atom. The molecule has 0 aliphatic carbocycles. The number of hydrogen-bond donors (Lipinski definition) is 1. The second-order valence-corrected chi connectivity index (χ2v) is 5.77. The first-order chi connectivity index (χ1) is 12.2. The van der Waals surface area contributed by atoms with Crippen LogP contribution < -0.4 is 9.47 Å². The van der Waals surface area contributed by atoms with Gasteiger partial charge in [0.1, 0.15) is 11.6 Å². The molecule has 0 spiro atoms. The predicted octanol–water partition coefficient (Wildman–Crippen LogP) is 4.39. The van der Waals surface area contributed by atoms with Gasteiger partial charge in [-0.2, -0.15) is 0 Å². The van der Waals surface area contributed by atoms with Gasteiger partial charge >= 0.3 is 5.97 Å². The highest BCUT2D eigenvalue weighted by molar-refractivity contribution is 5.88. The number of ether oxygens (including phenoxy) is 2. The van der Waals surface area contributed by atoms with Gasteiger partial charge in [0.25, 0.3) is 0 Å². The SMILES string of the molecule is C=C(C)C(=O)Oc1ccc(-c2ccc(O[C@@H](O)C(=C)C)cc2F)cc1F. The first-order valence-corrected chi connectivity index (χ1v) is 7.66. The predicted molar refractivity (Wildman–Crippen MR) is 93.7 cm³/mol. The van der Waals surface area contributed by atoms with Crippen LogP contribution in [0.3, 0.4) is 0 Å². The van der Waals surface area contributed by atoms with Crippen molar-refractivity contribution in [2.75, 3.05) is 0 Å². The number of esters is 1. The average Bonchev–Trinajstić information content (AvgIpc) is 2.56. The zero-order valence-electron chi connectivity index (χ0n) is 14.4. The second-order valence-electron chi connectivity index (χ2n) is 5.77. The fourth-order valence-electron chi connectivity index (χ4n) is 1.97. The summed E-state index contributed by atoms with van der Waals surface area (Å²) < 4.78 is 38.4. The van der Waals surface area contributed by atoms with Gasteiger partial charge < -0.3 is 14.6 Å². The molecule has 26 heavy (non-hydrogen) atoms. The van der Waals surface area contributed by atoms with Crippen molar-refractivity contribution < 1.29 is 28.2 Å². The van der Waals surface area contributed by atoms with Gasteiger partial charge in [-0.05, 0) is 49.2 Å². The topological polar surface area (TPSA) is 55.8 Å². The molecule has 4 nitrogen and oxygen atoms in total. The summed E-state index contributed by atoms with van der Waals surface area (Å²) in [5, 5.41) is 9.59. The van der Waals surface area contributed by atoms with Crippen molar-refractivity contribution in [1.82, 2.24) is 0 Å². The second kappa shape index (κ2) is 7.93. The number of carbonyl (C=O) groups is 1. The van der Waals surface area contributed by atoms with Gasteiger partial charge in [0, 0.05) is 17.2 Å². The number of halogens is 2. The van der Waals surface area contributed by atoms with Crippen LogP contribution in [-0.4, -0.2) is 17.4 Å². The molecule has 0 aliphatic rings. The number of hydrogen-bond acceptors (Lipinski definition) is 4. The van der Waals surface area contributed by atoms with Crippen molar-refractivity contribution in [1.29, 1.82) is 0 Å². The Morgan fingerprint density at radius 1 is 1.08 bits per heavy atom. The first-order valence-electron chi connectivity index (χ1n) is 7.66. The van der Waals surface area contributed by atoms with E-state index in [0.29, 0.717) is 5.57 Å². The largest absolute Gasteiger partial charge is 0.461 e. The lowest BCUT2D eigenvalue weighted by molar-refractivity contribution is -0.130. The van der Waals surface area contributed by atoms with Gasteiger partial charge in [0.2, 0.25) is 6.29 Å². The third-order valence-corrected chi connectivity index (χ3v) is 3.40. The summed E-state index contributed by atoms with van der Waals surface area (Å²) in [6, 6.07) is 7.63. The maximum Gasteiger partial charge on any atom is 0.338 e. The van der Waals surface area contributed by atoms with Crippen molar-refractivity contribution in [3.8, 4) is 22.6 Å². The minimum Gasteiger partial charge on any atom is -0.461 e. The van der Waals surface area contributed by atoms with Crippen LogP contribution in [0.4, 0.5) is 8.78 Å². The molecule has 0 saturated carbocycles. The van der Waals surface area contributed by atoms with Gasteiger partial charge in [-0.15, -0.1) is 0 Å². The molecule has 0 bridgehead atoms. The maximum absolute atomic E-state index is 14.3. The van der Waals surface area contributed by atoms with Crippen LogP contribution in [-0.2, 0) is 4.79 Å². The highest BCUT2D eigenvalue weighted by Gasteiger charge is 2.14. The van der Waals surface area contributed by atoms with E-state index in [-0.39, 0.29) is 28.2 Å². The molecule has 0 aromatic heterocycles. The lowest BCUT2D eigenvalue weighted by atomic mass is 10.0. The molecule has 2 aromatic rings. The van der Waals surface area contributed by atoms with E-state index in [1.54, 1.807) is 6.92 Å². The van der Waals surface area contributed by atoms with Crippen LogP contribution in [0.5, 0.6) is 11.5 Å². The molecule has 0 amide bonds. The molecule has 0 heterocycles. The zero-order valence-corrected chi connectivity index (χ0v) is 14.4. The summed E-state index contributed by atoms with van der Waals surface area (Å²) in [7, 11) is 0. The molecule has 1 N–H and O–H groups in total. The molecule has 1 atom stereocenters. The Balaban J connectivity index is 2.26. The van der Waals surface area contributed by atoms with E-state index < -0.39 is 23.9 Å². The fourth-order valence-corrected chi connectivity index (χ4v) is 1.97. The Hall–Kier alpha value is -2.99. The van der Waals surface area contributed by atoms with Crippen molar-refractivity contribution in [3.63, 3.8) is 0 Å². The van der Waals surface area contributed by atoms with Crippen molar-refractivity contribution in [2.24, 2.45) is 0 Å². The van der Waals surface area contributed by atoms with Crippen molar-refractivity contribution in [2.45, 2.75) is 20.1 Å². The summed E-state index contributed by atoms with van der Waals surface area (Å²) in [6.45, 7) is 9.96. The smallest absolute Gasteiger partial charge is 0.338 e. The lowest BCUT2D eigenvalue weighted by Gasteiger charge is -2.14. The Morgan fingerprint density at radius 2 is 1.77 bits per heavy atom. The molecule has 0 unspecified atom stereocenters. The Bertz CT molecular complexity index is 874. The highest BCUT2D eigenvalue weighted by atomic mass is 19.1. The van der Waals surface area contributed by atoms with Gasteiger partial charge in [-0.3, -0.25) is 0 Å². The van der Waals surface area contributed by atoms with E-state index in [1.807, 2.05) is 0 Å². The minimum absolute atomic E-state index is 0.106. The summed E-state index contributed by atoms with van der Waals surface area (Å²) >= 11 is 0. The summed E-state index contributed by atoms with van der Waals surface area (Å²) in [6.07, 6.45) is -1.25. The van der Waals surface area contributed by atoms with Gasteiger partial charge in [-0.1, -0.05) is 19.2 Å². The molecule has 136 valence electrons. The monoisotopic (exact) mass is 360 g/mol. The lowest BCUT2D eigenvalue weighted by Crippen LogP contribution is -2.16. The fraction of sp³-hybridized carbons (Fsp3) is 0.150. The van der Waals surface area contributed by atoms with Crippen molar-refractivity contribution >= 4 is 5.97 Å². The average molecular weight is 360 g/mol. The van der Waals surface area contributed by atoms with Crippen LogP contribution >= 0.6 is 0 Å². The van der Waals surface area contributed by atoms with Gasteiger partial charge in [-0.25, -0.2) is 13.6 Å². The normalized spacial score (nSPS) is 11.6. The quantitative estimate of drug-likeness (QED) is 0.273. The maximum atomic E-state index is 14.3. The molecular formula is C20H18F2O4. The number of aliphatic hydroxyl groups excluding tert-OH is 1. The van der Waals surface area contributed by atoms with E-state index in [1.165, 1.54) is 31.2 Å². The Kier molecular flexibility index (Phi) is 5.90. The third kappa shape index (κ3) is 4.55. The summed E-state index contributed by atoms with van der Waals surface area (Å²) in [5.41, 5.74) is 0.879. The first kappa shape index (κ1) is 19.3. The molecule has 2 rings (SSSR count). The number of carbonyl (C=O) groups excluding carboxylic acids is 1. The molecule has 0 fully saturated rings. The van der Waals surface area contributed by atoms with E-state index >= 15 is 0 Å². The molecule has 0 aliphatic heterocycles. The standard InChI is InChI=1S/C20H18F2O4/c1-11(2)19(23)25-14-6-7-15(16(21)10-14)13-5-8-18(17(22)9-13)26-20(24)12(3)4/h5-10,19,23H,1,3H2,2,4H3/t19-/m1/s1. The van der Waals surface area contributed by atoms with E-state index in [4.69, 9.17) is 9.47 Å². The molecule has 0 saturated heterocycles. The van der Waals surface area contributed by atoms with E-state index in [9.17, 15) is 18.7 Å². The van der Waals surface area contributed by atoms with Crippen LogP contribution in [0, 0.1) is 11.6 Å². The number of rotatable bonds is 6. The Labute approximate surface area is 150 Å². The highest BCUT2D eigenvalue weighted by Crippen LogP contribution is 2.30. The molecular weight excluding hydrogens is 342 g/mol. The van der Waals surface area contributed by atoms with Crippen LogP contribution in [0.15, 0.2) is 60.7 Å². The van der Waals surface area contributed by atoms with Gasteiger partial charge in [0.05, 0.1) is 0 Å². The minimum atomic E-state index is -1.25. The molecule has 6 heteroatoms. The molecule has 2 aromatic carbocycles. The van der Waals surface area contributed by atoms with Crippen LogP contribution in [0.2, 0.25) is 0 Å².